The van der Waals surface area contributed by atoms with Crippen LogP contribution in [-0.4, -0.2) is 36.6 Å². The number of carbonyl (C=O) groups is 2. The summed E-state index contributed by atoms with van der Waals surface area (Å²) in [7, 11) is 1.46. The minimum Gasteiger partial charge on any atom is -0.496 e. The lowest BCUT2D eigenvalue weighted by Crippen LogP contribution is -2.27. The standard InChI is InChI=1S/C19H20N4O4/c1-26-16-10-14-11(9-15(16)17(21)24)3-6-22-19(14)27-7-4-13-8-12(2-5-20)18(25)23-13/h3,6,9-10,12-13H,2,4,7-8H2,1H3,(H2,21,24)(H,23,25)/t12-,13+/m0/s1. The monoisotopic (exact) mass is 368 g/mol. The second-order valence-electron chi connectivity index (χ2n) is 6.39. The Morgan fingerprint density at radius 2 is 2.30 bits per heavy atom. The Bertz CT molecular complexity index is 922. The fourth-order valence-corrected chi connectivity index (χ4v) is 3.25. The maximum atomic E-state index is 11.8. The van der Waals surface area contributed by atoms with Crippen LogP contribution in [0.1, 0.15) is 29.6 Å². The Hall–Kier alpha value is -3.34. The SMILES string of the molecule is COc1cc2c(OCC[C@@H]3C[C@H](CC#N)C(=O)N3)nccc2cc1C(N)=O. The van der Waals surface area contributed by atoms with Crippen LogP contribution in [0.5, 0.6) is 11.6 Å². The molecule has 2 aromatic rings. The van der Waals surface area contributed by atoms with Crippen LogP contribution in [0.4, 0.5) is 0 Å². The predicted octanol–water partition coefficient (Wildman–Crippen LogP) is 1.53. The third-order valence-corrected chi connectivity index (χ3v) is 4.64. The molecule has 2 amide bonds. The Morgan fingerprint density at radius 1 is 1.48 bits per heavy atom. The van der Waals surface area contributed by atoms with Gasteiger partial charge in [0.1, 0.15) is 5.75 Å². The molecule has 0 bridgehead atoms. The summed E-state index contributed by atoms with van der Waals surface area (Å²) in [6.45, 7) is 0.357. The molecule has 140 valence electrons. The topological polar surface area (TPSA) is 127 Å². The van der Waals surface area contributed by atoms with Gasteiger partial charge >= 0.3 is 0 Å². The maximum absolute atomic E-state index is 11.8. The second-order valence-corrected chi connectivity index (χ2v) is 6.39. The summed E-state index contributed by atoms with van der Waals surface area (Å²) in [4.78, 5) is 27.6. The molecule has 0 aliphatic carbocycles. The van der Waals surface area contributed by atoms with Crippen molar-refractivity contribution in [3.05, 3.63) is 30.0 Å². The van der Waals surface area contributed by atoms with Gasteiger partial charge in [-0.2, -0.15) is 5.26 Å². The molecule has 8 heteroatoms. The molecule has 1 saturated heterocycles. The first-order valence-electron chi connectivity index (χ1n) is 8.60. The van der Waals surface area contributed by atoms with Gasteiger partial charge in [0.25, 0.3) is 5.91 Å². The number of methoxy groups -OCH3 is 1. The Balaban J connectivity index is 1.71. The molecule has 2 atom stereocenters. The number of pyridine rings is 1. The van der Waals surface area contributed by atoms with Crippen molar-refractivity contribution in [1.29, 1.82) is 5.26 Å². The highest BCUT2D eigenvalue weighted by Gasteiger charge is 2.31. The quantitative estimate of drug-likeness (QED) is 0.763. The summed E-state index contributed by atoms with van der Waals surface area (Å²) in [5.74, 6) is -0.118. The number of benzene rings is 1. The first-order valence-corrected chi connectivity index (χ1v) is 8.60. The third kappa shape index (κ3) is 3.92. The number of hydrogen-bond donors (Lipinski definition) is 2. The van der Waals surface area contributed by atoms with Gasteiger partial charge in [0.05, 0.1) is 31.3 Å². The number of nitrogens with one attached hydrogen (secondary N) is 1. The molecule has 8 nitrogen and oxygen atoms in total. The van der Waals surface area contributed by atoms with E-state index in [2.05, 4.69) is 10.3 Å². The van der Waals surface area contributed by atoms with Gasteiger partial charge in [-0.3, -0.25) is 9.59 Å². The molecule has 0 spiro atoms. The van der Waals surface area contributed by atoms with Crippen LogP contribution in [-0.2, 0) is 4.79 Å². The van der Waals surface area contributed by atoms with Crippen molar-refractivity contribution in [2.24, 2.45) is 11.7 Å². The molecule has 1 aliphatic rings. The molecule has 0 saturated carbocycles. The van der Waals surface area contributed by atoms with Gasteiger partial charge < -0.3 is 20.5 Å². The normalized spacial score (nSPS) is 18.7. The number of rotatable bonds is 7. The number of amides is 2. The van der Waals surface area contributed by atoms with E-state index in [4.69, 9.17) is 20.5 Å². The van der Waals surface area contributed by atoms with Crippen molar-refractivity contribution in [3.63, 3.8) is 0 Å². The first-order chi connectivity index (χ1) is 13.0. The predicted molar refractivity (Wildman–Crippen MR) is 97.2 cm³/mol. The lowest BCUT2D eigenvalue weighted by Gasteiger charge is -2.13. The van der Waals surface area contributed by atoms with E-state index in [0.29, 0.717) is 42.0 Å². The van der Waals surface area contributed by atoms with Crippen LogP contribution < -0.4 is 20.5 Å². The van der Waals surface area contributed by atoms with E-state index in [9.17, 15) is 9.59 Å². The summed E-state index contributed by atoms with van der Waals surface area (Å²) >= 11 is 0. The van der Waals surface area contributed by atoms with Gasteiger partial charge in [-0.25, -0.2) is 4.98 Å². The van der Waals surface area contributed by atoms with Crippen LogP contribution in [0.2, 0.25) is 0 Å². The number of primary amides is 1. The fourth-order valence-electron chi connectivity index (χ4n) is 3.25. The zero-order valence-electron chi connectivity index (χ0n) is 14.9. The number of aromatic nitrogens is 1. The lowest BCUT2D eigenvalue weighted by molar-refractivity contribution is -0.122. The van der Waals surface area contributed by atoms with Gasteiger partial charge in [0, 0.05) is 30.5 Å². The van der Waals surface area contributed by atoms with Gasteiger partial charge in [-0.1, -0.05) is 0 Å². The molecular formula is C19H20N4O4. The smallest absolute Gasteiger partial charge is 0.252 e. The zero-order valence-corrected chi connectivity index (χ0v) is 14.9. The van der Waals surface area contributed by atoms with Crippen molar-refractivity contribution in [1.82, 2.24) is 10.3 Å². The highest BCUT2D eigenvalue weighted by molar-refractivity contribution is 6.01. The van der Waals surface area contributed by atoms with E-state index < -0.39 is 5.91 Å². The maximum Gasteiger partial charge on any atom is 0.252 e. The molecule has 0 radical (unpaired) electrons. The number of ether oxygens (including phenoxy) is 2. The number of fused-ring (bicyclic) bond motifs is 1. The van der Waals surface area contributed by atoms with Crippen LogP contribution in [0.15, 0.2) is 24.4 Å². The van der Waals surface area contributed by atoms with Crippen molar-refractivity contribution >= 4 is 22.6 Å². The minimum absolute atomic E-state index is 0.0122. The van der Waals surface area contributed by atoms with Crippen molar-refractivity contribution in [3.8, 4) is 17.7 Å². The van der Waals surface area contributed by atoms with E-state index in [1.165, 1.54) is 7.11 Å². The van der Waals surface area contributed by atoms with Gasteiger partial charge in [-0.05, 0) is 30.0 Å². The molecule has 3 rings (SSSR count). The Kier molecular flexibility index (Phi) is 5.41. The highest BCUT2D eigenvalue weighted by Crippen LogP contribution is 2.31. The average Bonchev–Trinajstić information content (AvgIpc) is 3.00. The van der Waals surface area contributed by atoms with E-state index in [1.807, 2.05) is 6.07 Å². The molecule has 1 aromatic heterocycles. The summed E-state index contributed by atoms with van der Waals surface area (Å²) < 4.78 is 11.1. The highest BCUT2D eigenvalue weighted by atomic mass is 16.5. The summed E-state index contributed by atoms with van der Waals surface area (Å²) in [6, 6.07) is 7.11. The number of carbonyl (C=O) groups excluding carboxylic acids is 2. The summed E-state index contributed by atoms with van der Waals surface area (Å²) in [6.07, 6.45) is 3.07. The third-order valence-electron chi connectivity index (χ3n) is 4.64. The number of hydrogen-bond acceptors (Lipinski definition) is 6. The van der Waals surface area contributed by atoms with Gasteiger partial charge in [0.2, 0.25) is 11.8 Å². The molecule has 1 aromatic carbocycles. The molecule has 1 fully saturated rings. The minimum atomic E-state index is -0.572. The summed E-state index contributed by atoms with van der Waals surface area (Å²) in [5, 5.41) is 13.1. The lowest BCUT2D eigenvalue weighted by atomic mass is 10.0. The van der Waals surface area contributed by atoms with Crippen molar-refractivity contribution in [2.75, 3.05) is 13.7 Å². The second kappa shape index (κ2) is 7.91. The molecule has 27 heavy (non-hydrogen) atoms. The van der Waals surface area contributed by atoms with Gasteiger partial charge in [-0.15, -0.1) is 0 Å². The number of nitrogens with two attached hydrogens (primary N) is 1. The van der Waals surface area contributed by atoms with Crippen molar-refractivity contribution in [2.45, 2.75) is 25.3 Å². The number of nitrogens with zero attached hydrogens (tertiary/aromatic N) is 2. The van der Waals surface area contributed by atoms with Gasteiger partial charge in [0.15, 0.2) is 0 Å². The van der Waals surface area contributed by atoms with E-state index in [1.54, 1.807) is 24.4 Å². The largest absolute Gasteiger partial charge is 0.496 e. The molecule has 3 N–H and O–H groups in total. The van der Waals surface area contributed by atoms with Crippen LogP contribution in [0, 0.1) is 17.2 Å². The van der Waals surface area contributed by atoms with Crippen LogP contribution in [0.25, 0.3) is 10.8 Å². The molecule has 2 heterocycles. The van der Waals surface area contributed by atoms with E-state index >= 15 is 0 Å². The van der Waals surface area contributed by atoms with E-state index in [-0.39, 0.29) is 24.3 Å². The molecule has 1 aliphatic heterocycles. The fraction of sp³-hybridized carbons (Fsp3) is 0.368. The Labute approximate surface area is 156 Å². The molecule has 0 unspecified atom stereocenters. The summed E-state index contributed by atoms with van der Waals surface area (Å²) in [5.41, 5.74) is 5.68. The van der Waals surface area contributed by atoms with E-state index in [0.717, 1.165) is 5.39 Å². The number of nitriles is 1. The molecular weight excluding hydrogens is 348 g/mol. The van der Waals surface area contributed by atoms with Crippen molar-refractivity contribution < 1.29 is 19.1 Å². The van der Waals surface area contributed by atoms with Crippen LogP contribution in [0.3, 0.4) is 0 Å². The average molecular weight is 368 g/mol. The Morgan fingerprint density at radius 3 is 3.00 bits per heavy atom. The van der Waals surface area contributed by atoms with Crippen LogP contribution >= 0.6 is 0 Å². The first kappa shape index (κ1) is 18.5. The zero-order chi connectivity index (χ0) is 19.4.